The van der Waals surface area contributed by atoms with Gasteiger partial charge in [-0.3, -0.25) is 0 Å². The molecule has 0 radical (unpaired) electrons. The van der Waals surface area contributed by atoms with Crippen molar-refractivity contribution < 1.29 is 0 Å². The number of anilines is 1. The second-order valence-corrected chi connectivity index (χ2v) is 4.93. The Labute approximate surface area is 104 Å². The van der Waals surface area contributed by atoms with Gasteiger partial charge in [0.1, 0.15) is 12.2 Å². The highest BCUT2D eigenvalue weighted by atomic mass is 32.2. The zero-order chi connectivity index (χ0) is 12.3. The molecule has 2 aromatic heterocycles. The SMILES string of the molecule is CC(C)n1ncnc1CSc1ccc(N)cn1. The Balaban J connectivity index is 2.02. The fourth-order valence-corrected chi connectivity index (χ4v) is 2.20. The van der Waals surface area contributed by atoms with Gasteiger partial charge in [-0.15, -0.1) is 0 Å². The Bertz CT molecular complexity index is 477. The first-order valence-corrected chi connectivity index (χ1v) is 6.38. The van der Waals surface area contributed by atoms with Gasteiger partial charge in [0.2, 0.25) is 0 Å². The average molecular weight is 249 g/mol. The molecule has 0 spiro atoms. The summed E-state index contributed by atoms with van der Waals surface area (Å²) in [6.45, 7) is 4.18. The van der Waals surface area contributed by atoms with Gasteiger partial charge in [0.05, 0.1) is 22.7 Å². The molecule has 0 aliphatic heterocycles. The first-order chi connectivity index (χ1) is 8.16. The van der Waals surface area contributed by atoms with Crippen LogP contribution in [-0.4, -0.2) is 19.7 Å². The molecule has 2 N–H and O–H groups in total. The van der Waals surface area contributed by atoms with E-state index in [1.807, 2.05) is 16.8 Å². The molecule has 0 bridgehead atoms. The first-order valence-electron chi connectivity index (χ1n) is 5.39. The largest absolute Gasteiger partial charge is 0.397 e. The lowest BCUT2D eigenvalue weighted by molar-refractivity contribution is 0.514. The monoisotopic (exact) mass is 249 g/mol. The van der Waals surface area contributed by atoms with Gasteiger partial charge in [0.15, 0.2) is 0 Å². The van der Waals surface area contributed by atoms with Crippen molar-refractivity contribution in [3.05, 3.63) is 30.5 Å². The number of aromatic nitrogens is 4. The van der Waals surface area contributed by atoms with Gasteiger partial charge in [-0.1, -0.05) is 11.8 Å². The summed E-state index contributed by atoms with van der Waals surface area (Å²) in [5.74, 6) is 1.72. The molecule has 0 aromatic carbocycles. The van der Waals surface area contributed by atoms with E-state index in [-0.39, 0.29) is 0 Å². The lowest BCUT2D eigenvalue weighted by Gasteiger charge is -2.08. The number of nitrogen functional groups attached to an aromatic ring is 1. The van der Waals surface area contributed by atoms with Crippen LogP contribution in [0, 0.1) is 0 Å². The van der Waals surface area contributed by atoms with E-state index in [4.69, 9.17) is 5.73 Å². The minimum Gasteiger partial charge on any atom is -0.397 e. The predicted octanol–water partition coefficient (Wildman–Crippen LogP) is 2.13. The normalized spacial score (nSPS) is 11.0. The lowest BCUT2D eigenvalue weighted by atomic mass is 10.4. The van der Waals surface area contributed by atoms with Crippen molar-refractivity contribution >= 4 is 17.4 Å². The van der Waals surface area contributed by atoms with E-state index in [0.29, 0.717) is 11.7 Å². The van der Waals surface area contributed by atoms with Crippen LogP contribution in [-0.2, 0) is 5.75 Å². The molecule has 2 heterocycles. The van der Waals surface area contributed by atoms with E-state index in [9.17, 15) is 0 Å². The number of nitrogens with two attached hydrogens (primary N) is 1. The van der Waals surface area contributed by atoms with E-state index in [1.165, 1.54) is 0 Å². The minimum absolute atomic E-state index is 0.326. The van der Waals surface area contributed by atoms with Crippen molar-refractivity contribution in [3.63, 3.8) is 0 Å². The second-order valence-electron chi connectivity index (χ2n) is 3.93. The van der Waals surface area contributed by atoms with E-state index < -0.39 is 0 Å². The maximum Gasteiger partial charge on any atom is 0.138 e. The standard InChI is InChI=1S/C11H15N5S/c1-8(2)16-10(14-7-15-16)6-17-11-4-3-9(12)5-13-11/h3-5,7-8H,6,12H2,1-2H3. The maximum atomic E-state index is 5.58. The third-order valence-corrected chi connectivity index (χ3v) is 3.18. The molecule has 0 saturated carbocycles. The fraction of sp³-hybridized carbons (Fsp3) is 0.364. The van der Waals surface area contributed by atoms with E-state index in [2.05, 4.69) is 28.9 Å². The molecule has 0 amide bonds. The molecule has 2 rings (SSSR count). The van der Waals surface area contributed by atoms with Crippen LogP contribution in [0.1, 0.15) is 25.7 Å². The lowest BCUT2D eigenvalue weighted by Crippen LogP contribution is -2.07. The molecule has 0 atom stereocenters. The number of rotatable bonds is 4. The molecule has 0 saturated heterocycles. The van der Waals surface area contributed by atoms with Crippen LogP contribution >= 0.6 is 11.8 Å². The Morgan fingerprint density at radius 3 is 2.82 bits per heavy atom. The second kappa shape index (κ2) is 5.18. The summed E-state index contributed by atoms with van der Waals surface area (Å²) in [6, 6.07) is 4.09. The summed E-state index contributed by atoms with van der Waals surface area (Å²) in [5.41, 5.74) is 6.26. The van der Waals surface area contributed by atoms with Crippen LogP contribution in [0.25, 0.3) is 0 Å². The molecule has 90 valence electrons. The quantitative estimate of drug-likeness (QED) is 0.841. The van der Waals surface area contributed by atoms with E-state index in [1.54, 1.807) is 24.3 Å². The topological polar surface area (TPSA) is 69.6 Å². The van der Waals surface area contributed by atoms with Crippen molar-refractivity contribution in [2.45, 2.75) is 30.7 Å². The van der Waals surface area contributed by atoms with Gasteiger partial charge in [-0.2, -0.15) is 5.10 Å². The summed E-state index contributed by atoms with van der Waals surface area (Å²) in [7, 11) is 0. The molecule has 2 aromatic rings. The van der Waals surface area contributed by atoms with Crippen molar-refractivity contribution in [1.29, 1.82) is 0 Å². The van der Waals surface area contributed by atoms with Crippen molar-refractivity contribution in [1.82, 2.24) is 19.7 Å². The highest BCUT2D eigenvalue weighted by molar-refractivity contribution is 7.98. The molecule has 17 heavy (non-hydrogen) atoms. The van der Waals surface area contributed by atoms with Crippen LogP contribution in [0.4, 0.5) is 5.69 Å². The number of hydrogen-bond acceptors (Lipinski definition) is 5. The Hall–Kier alpha value is -1.56. The Morgan fingerprint density at radius 1 is 1.35 bits per heavy atom. The summed E-state index contributed by atoms with van der Waals surface area (Å²) in [5, 5.41) is 5.14. The summed E-state index contributed by atoms with van der Waals surface area (Å²) < 4.78 is 1.92. The molecule has 0 unspecified atom stereocenters. The molecule has 6 heteroatoms. The molecular formula is C11H15N5S. The van der Waals surface area contributed by atoms with Crippen LogP contribution < -0.4 is 5.73 Å². The van der Waals surface area contributed by atoms with Crippen LogP contribution in [0.2, 0.25) is 0 Å². The Kier molecular flexibility index (Phi) is 3.63. The van der Waals surface area contributed by atoms with Crippen molar-refractivity contribution in [2.24, 2.45) is 0 Å². The fourth-order valence-electron chi connectivity index (χ4n) is 1.42. The van der Waals surface area contributed by atoms with Crippen molar-refractivity contribution in [3.8, 4) is 0 Å². The van der Waals surface area contributed by atoms with Crippen LogP contribution in [0.5, 0.6) is 0 Å². The zero-order valence-electron chi connectivity index (χ0n) is 9.87. The zero-order valence-corrected chi connectivity index (χ0v) is 10.7. The minimum atomic E-state index is 0.326. The summed E-state index contributed by atoms with van der Waals surface area (Å²) in [6.07, 6.45) is 3.25. The smallest absolute Gasteiger partial charge is 0.138 e. The highest BCUT2D eigenvalue weighted by Gasteiger charge is 2.08. The number of hydrogen-bond donors (Lipinski definition) is 1. The number of pyridine rings is 1. The molecule has 0 fully saturated rings. The number of nitrogens with zero attached hydrogens (tertiary/aromatic N) is 4. The molecule has 0 aliphatic carbocycles. The molecule has 5 nitrogen and oxygen atoms in total. The van der Waals surface area contributed by atoms with Gasteiger partial charge < -0.3 is 5.73 Å². The van der Waals surface area contributed by atoms with Gasteiger partial charge in [0.25, 0.3) is 0 Å². The first kappa shape index (κ1) is 11.9. The third kappa shape index (κ3) is 2.97. The van der Waals surface area contributed by atoms with Gasteiger partial charge in [0, 0.05) is 6.04 Å². The van der Waals surface area contributed by atoms with Crippen molar-refractivity contribution in [2.75, 3.05) is 5.73 Å². The van der Waals surface area contributed by atoms with Crippen LogP contribution in [0.15, 0.2) is 29.7 Å². The Morgan fingerprint density at radius 2 is 2.18 bits per heavy atom. The van der Waals surface area contributed by atoms with Crippen LogP contribution in [0.3, 0.4) is 0 Å². The number of thioether (sulfide) groups is 1. The molecule has 0 aliphatic rings. The maximum absolute atomic E-state index is 5.58. The average Bonchev–Trinajstić information content (AvgIpc) is 2.76. The third-order valence-electron chi connectivity index (χ3n) is 2.24. The van der Waals surface area contributed by atoms with Gasteiger partial charge in [-0.25, -0.2) is 14.6 Å². The summed E-state index contributed by atoms with van der Waals surface area (Å²) >= 11 is 1.63. The van der Waals surface area contributed by atoms with Gasteiger partial charge in [-0.05, 0) is 26.0 Å². The van der Waals surface area contributed by atoms with Gasteiger partial charge >= 0.3 is 0 Å². The summed E-state index contributed by atoms with van der Waals surface area (Å²) in [4.78, 5) is 8.48. The van der Waals surface area contributed by atoms with E-state index in [0.717, 1.165) is 16.6 Å². The van der Waals surface area contributed by atoms with E-state index >= 15 is 0 Å². The molecular weight excluding hydrogens is 234 g/mol. The predicted molar refractivity (Wildman–Crippen MR) is 68.6 cm³/mol. The highest BCUT2D eigenvalue weighted by Crippen LogP contribution is 2.21.